The minimum atomic E-state index is 0.0261. The highest BCUT2D eigenvalue weighted by Crippen LogP contribution is 2.24. The monoisotopic (exact) mass is 187 g/mol. The fraction of sp³-hybridized carbons (Fsp3) is 0.429. The van der Waals surface area contributed by atoms with E-state index in [2.05, 4.69) is 11.6 Å². The number of thioether (sulfide) groups is 2. The van der Waals surface area contributed by atoms with E-state index in [0.29, 0.717) is 5.57 Å². The molecule has 1 heterocycles. The lowest BCUT2D eigenvalue weighted by Gasteiger charge is -1.95. The van der Waals surface area contributed by atoms with Crippen molar-refractivity contribution in [1.29, 1.82) is 0 Å². The minimum absolute atomic E-state index is 0.0261. The van der Waals surface area contributed by atoms with Crippen molar-refractivity contribution in [3.8, 4) is 0 Å². The summed E-state index contributed by atoms with van der Waals surface area (Å²) in [6.07, 6.45) is 0. The fourth-order valence-corrected chi connectivity index (χ4v) is 2.28. The Hall–Kier alpha value is -0.220. The summed E-state index contributed by atoms with van der Waals surface area (Å²) in [5.41, 5.74) is 0.588. The van der Waals surface area contributed by atoms with E-state index >= 15 is 0 Å². The zero-order chi connectivity index (χ0) is 8.27. The summed E-state index contributed by atoms with van der Waals surface area (Å²) in [7, 11) is 0. The molecule has 1 aliphatic rings. The van der Waals surface area contributed by atoms with E-state index in [1.165, 1.54) is 11.8 Å². The molecule has 0 aromatic carbocycles. The lowest BCUT2D eigenvalue weighted by Crippen LogP contribution is -1.94. The van der Waals surface area contributed by atoms with E-state index in [9.17, 15) is 4.79 Å². The largest absolute Gasteiger partial charge is 0.282 e. The van der Waals surface area contributed by atoms with Crippen LogP contribution in [0.2, 0.25) is 0 Å². The molecule has 0 amide bonds. The molecular weight excluding hydrogens is 178 g/mol. The van der Waals surface area contributed by atoms with E-state index in [-0.39, 0.29) is 5.12 Å². The van der Waals surface area contributed by atoms with Crippen molar-refractivity contribution in [2.75, 3.05) is 12.3 Å². The number of rotatable bonds is 1. The molecule has 0 fully saturated rings. The van der Waals surface area contributed by atoms with Crippen LogP contribution in [-0.2, 0) is 4.79 Å². The third-order valence-electron chi connectivity index (χ3n) is 1.09. The van der Waals surface area contributed by atoms with Gasteiger partial charge in [0.15, 0.2) is 0 Å². The predicted molar refractivity (Wildman–Crippen MR) is 52.2 cm³/mol. The van der Waals surface area contributed by atoms with Crippen LogP contribution in [0.15, 0.2) is 17.1 Å². The highest BCUT2D eigenvalue weighted by atomic mass is 32.2. The summed E-state index contributed by atoms with van der Waals surface area (Å²) in [6, 6.07) is 0. The lowest BCUT2D eigenvalue weighted by atomic mass is 10.4. The zero-order valence-electron chi connectivity index (χ0n) is 6.29. The summed E-state index contributed by atoms with van der Waals surface area (Å²) in [5.74, 6) is 1.01. The molecule has 1 aliphatic heterocycles. The van der Waals surface area contributed by atoms with E-state index in [0.717, 1.165) is 16.7 Å². The number of nitrogens with zero attached hydrogens (tertiary/aromatic N) is 1. The lowest BCUT2D eigenvalue weighted by molar-refractivity contribution is -0.107. The SMILES string of the molecule is C=C(C)C(=O)SC1=NCCS1. The quantitative estimate of drug-likeness (QED) is 0.587. The van der Waals surface area contributed by atoms with Crippen molar-refractivity contribution < 1.29 is 4.79 Å². The maximum Gasteiger partial charge on any atom is 0.221 e. The number of aliphatic imine (C=N–C) groups is 1. The number of hydrogen-bond acceptors (Lipinski definition) is 4. The molecule has 60 valence electrons. The summed E-state index contributed by atoms with van der Waals surface area (Å²) in [6.45, 7) is 6.12. The van der Waals surface area contributed by atoms with Gasteiger partial charge >= 0.3 is 0 Å². The standard InChI is InChI=1S/C7H9NOS2/c1-5(2)6(9)11-7-8-3-4-10-7/h1,3-4H2,2H3. The smallest absolute Gasteiger partial charge is 0.221 e. The second-order valence-electron chi connectivity index (χ2n) is 2.17. The molecular formula is C7H9NOS2. The van der Waals surface area contributed by atoms with Crippen molar-refractivity contribution in [2.45, 2.75) is 6.92 Å². The summed E-state index contributed by atoms with van der Waals surface area (Å²) in [5, 5.41) is 0.0261. The number of carbonyl (C=O) groups is 1. The van der Waals surface area contributed by atoms with Crippen molar-refractivity contribution in [3.63, 3.8) is 0 Å². The van der Waals surface area contributed by atoms with Gasteiger partial charge in [0.25, 0.3) is 0 Å². The molecule has 0 saturated carbocycles. The van der Waals surface area contributed by atoms with E-state index < -0.39 is 0 Å². The van der Waals surface area contributed by atoms with Gasteiger partial charge in [-0.15, -0.1) is 0 Å². The van der Waals surface area contributed by atoms with Crippen LogP contribution in [0.25, 0.3) is 0 Å². The Morgan fingerprint density at radius 2 is 2.55 bits per heavy atom. The summed E-state index contributed by atoms with van der Waals surface area (Å²) >= 11 is 2.83. The topological polar surface area (TPSA) is 29.4 Å². The van der Waals surface area contributed by atoms with Gasteiger partial charge in [0.05, 0.1) is 6.54 Å². The van der Waals surface area contributed by atoms with Crippen LogP contribution in [0.1, 0.15) is 6.92 Å². The molecule has 0 aromatic heterocycles. The van der Waals surface area contributed by atoms with Crippen molar-refractivity contribution in [2.24, 2.45) is 4.99 Å². The summed E-state index contributed by atoms with van der Waals surface area (Å²) in [4.78, 5) is 15.2. The molecule has 0 aromatic rings. The first-order valence-electron chi connectivity index (χ1n) is 3.25. The highest BCUT2D eigenvalue weighted by molar-refractivity contribution is 8.45. The molecule has 0 spiro atoms. The van der Waals surface area contributed by atoms with E-state index in [1.54, 1.807) is 18.7 Å². The Kier molecular flexibility index (Phi) is 3.20. The van der Waals surface area contributed by atoms with Gasteiger partial charge in [-0.1, -0.05) is 18.3 Å². The molecule has 0 radical (unpaired) electrons. The first kappa shape index (κ1) is 8.87. The van der Waals surface area contributed by atoms with Crippen LogP contribution in [0.5, 0.6) is 0 Å². The first-order valence-corrected chi connectivity index (χ1v) is 5.05. The van der Waals surface area contributed by atoms with Crippen LogP contribution in [0.3, 0.4) is 0 Å². The molecule has 0 aliphatic carbocycles. The number of carbonyl (C=O) groups excluding carboxylic acids is 1. The van der Waals surface area contributed by atoms with E-state index in [1.807, 2.05) is 0 Å². The van der Waals surface area contributed by atoms with Gasteiger partial charge in [-0.25, -0.2) is 0 Å². The first-order chi connectivity index (χ1) is 5.20. The molecule has 0 atom stereocenters. The molecule has 0 N–H and O–H groups in total. The van der Waals surface area contributed by atoms with Crippen molar-refractivity contribution >= 4 is 33.0 Å². The zero-order valence-corrected chi connectivity index (χ0v) is 7.93. The molecule has 0 saturated heterocycles. The third-order valence-corrected chi connectivity index (χ3v) is 3.29. The molecule has 2 nitrogen and oxygen atoms in total. The Morgan fingerprint density at radius 3 is 3.00 bits per heavy atom. The van der Waals surface area contributed by atoms with Gasteiger partial charge in [-0.05, 0) is 24.3 Å². The van der Waals surface area contributed by atoms with Gasteiger partial charge in [-0.2, -0.15) is 0 Å². The Balaban J connectivity index is 2.42. The minimum Gasteiger partial charge on any atom is -0.282 e. The van der Waals surface area contributed by atoms with Gasteiger partial charge < -0.3 is 0 Å². The maximum absolute atomic E-state index is 11.1. The highest BCUT2D eigenvalue weighted by Gasteiger charge is 2.12. The Bertz CT molecular complexity index is 222. The molecule has 4 heteroatoms. The fourth-order valence-electron chi connectivity index (χ4n) is 0.544. The van der Waals surface area contributed by atoms with Crippen LogP contribution < -0.4 is 0 Å². The average Bonchev–Trinajstić information content (AvgIpc) is 2.39. The Morgan fingerprint density at radius 1 is 1.82 bits per heavy atom. The second kappa shape index (κ2) is 3.97. The third kappa shape index (κ3) is 2.71. The Labute approximate surface area is 74.5 Å². The molecule has 0 bridgehead atoms. The van der Waals surface area contributed by atoms with Crippen LogP contribution >= 0.6 is 23.5 Å². The van der Waals surface area contributed by atoms with E-state index in [4.69, 9.17) is 0 Å². The maximum atomic E-state index is 11.1. The van der Waals surface area contributed by atoms with Gasteiger partial charge in [0.1, 0.15) is 4.38 Å². The van der Waals surface area contributed by atoms with Gasteiger partial charge in [0, 0.05) is 5.75 Å². The predicted octanol–water partition coefficient (Wildman–Crippen LogP) is 1.93. The average molecular weight is 187 g/mol. The van der Waals surface area contributed by atoms with Gasteiger partial charge in [0.2, 0.25) is 5.12 Å². The van der Waals surface area contributed by atoms with Crippen LogP contribution in [-0.4, -0.2) is 21.8 Å². The molecule has 0 unspecified atom stereocenters. The second-order valence-corrected chi connectivity index (χ2v) is 4.47. The van der Waals surface area contributed by atoms with Gasteiger partial charge in [-0.3, -0.25) is 9.79 Å². The van der Waals surface area contributed by atoms with Crippen molar-refractivity contribution in [3.05, 3.63) is 12.2 Å². The molecule has 1 rings (SSSR count). The summed E-state index contributed by atoms with van der Waals surface area (Å²) < 4.78 is 0.887. The van der Waals surface area contributed by atoms with Crippen LogP contribution in [0, 0.1) is 0 Å². The normalized spacial score (nSPS) is 16.3. The van der Waals surface area contributed by atoms with Crippen LogP contribution in [0.4, 0.5) is 0 Å². The van der Waals surface area contributed by atoms with Crippen molar-refractivity contribution in [1.82, 2.24) is 0 Å². The molecule has 11 heavy (non-hydrogen) atoms. The number of hydrogen-bond donors (Lipinski definition) is 0.